The van der Waals surface area contributed by atoms with Gasteiger partial charge < -0.3 is 14.9 Å². The fourth-order valence-electron chi connectivity index (χ4n) is 1.52. The van der Waals surface area contributed by atoms with Gasteiger partial charge in [0.05, 0.1) is 30.8 Å². The summed E-state index contributed by atoms with van der Waals surface area (Å²) in [5.74, 6) is -0.569. The molecule has 0 radical (unpaired) electrons. The third kappa shape index (κ3) is 3.84. The number of nitrogens with zero attached hydrogens (tertiary/aromatic N) is 1. The summed E-state index contributed by atoms with van der Waals surface area (Å²) in [6.07, 6.45) is -2.76. The van der Waals surface area contributed by atoms with Crippen LogP contribution in [0, 0.1) is 11.3 Å². The van der Waals surface area contributed by atoms with Crippen molar-refractivity contribution < 1.29 is 19.7 Å². The van der Waals surface area contributed by atoms with Crippen LogP contribution < -0.4 is 0 Å². The third-order valence-electron chi connectivity index (χ3n) is 2.40. The van der Waals surface area contributed by atoms with Gasteiger partial charge in [-0.1, -0.05) is 12.1 Å². The summed E-state index contributed by atoms with van der Waals surface area (Å²) in [6.45, 7) is 1.89. The van der Waals surface area contributed by atoms with Crippen LogP contribution in [0.1, 0.15) is 30.6 Å². The normalized spacial score (nSPS) is 13.4. The van der Waals surface area contributed by atoms with Gasteiger partial charge in [0.1, 0.15) is 6.10 Å². The molecule has 0 spiro atoms. The van der Waals surface area contributed by atoms with Crippen LogP contribution in [-0.4, -0.2) is 28.9 Å². The van der Waals surface area contributed by atoms with Gasteiger partial charge in [-0.3, -0.25) is 4.79 Å². The zero-order chi connectivity index (χ0) is 13.5. The molecule has 1 aromatic carbocycles. The minimum Gasteiger partial charge on any atom is -0.466 e. The van der Waals surface area contributed by atoms with Crippen molar-refractivity contribution in [3.05, 3.63) is 35.4 Å². The molecule has 2 unspecified atom stereocenters. The lowest BCUT2D eigenvalue weighted by molar-refractivity contribution is -0.147. The van der Waals surface area contributed by atoms with Crippen LogP contribution in [0.5, 0.6) is 0 Å². The highest BCUT2D eigenvalue weighted by Crippen LogP contribution is 2.20. The van der Waals surface area contributed by atoms with Crippen LogP contribution in [0.3, 0.4) is 0 Å². The van der Waals surface area contributed by atoms with Crippen molar-refractivity contribution >= 4 is 5.97 Å². The third-order valence-corrected chi connectivity index (χ3v) is 2.40. The number of carbonyl (C=O) groups excluding carboxylic acids is 1. The zero-order valence-electron chi connectivity index (χ0n) is 10.0. The Kier molecular flexibility index (Phi) is 5.31. The van der Waals surface area contributed by atoms with Gasteiger partial charge in [-0.2, -0.15) is 5.26 Å². The summed E-state index contributed by atoms with van der Waals surface area (Å²) in [5.41, 5.74) is 0.778. The lowest BCUT2D eigenvalue weighted by atomic mass is 10.0. The number of benzene rings is 1. The molecule has 0 bridgehead atoms. The maximum Gasteiger partial charge on any atom is 0.308 e. The van der Waals surface area contributed by atoms with Crippen molar-refractivity contribution in [3.63, 3.8) is 0 Å². The second-order valence-electron chi connectivity index (χ2n) is 3.76. The molecule has 0 aromatic heterocycles. The van der Waals surface area contributed by atoms with Gasteiger partial charge >= 0.3 is 5.97 Å². The fourth-order valence-corrected chi connectivity index (χ4v) is 1.52. The number of ether oxygens (including phenoxy) is 1. The van der Waals surface area contributed by atoms with Crippen molar-refractivity contribution in [2.24, 2.45) is 0 Å². The Balaban J connectivity index is 2.71. The molecule has 1 rings (SSSR count). The van der Waals surface area contributed by atoms with E-state index in [1.807, 2.05) is 6.07 Å². The van der Waals surface area contributed by atoms with Gasteiger partial charge in [0.2, 0.25) is 0 Å². The first-order chi connectivity index (χ1) is 8.58. The molecule has 5 heteroatoms. The van der Waals surface area contributed by atoms with Crippen LogP contribution in [0.25, 0.3) is 0 Å². The van der Waals surface area contributed by atoms with Crippen LogP contribution >= 0.6 is 0 Å². The minimum absolute atomic E-state index is 0.228. The molecule has 0 aliphatic rings. The molecule has 0 saturated carbocycles. The molecule has 2 atom stereocenters. The van der Waals surface area contributed by atoms with E-state index in [4.69, 9.17) is 5.26 Å². The lowest BCUT2D eigenvalue weighted by Gasteiger charge is -2.17. The maximum absolute atomic E-state index is 11.2. The monoisotopic (exact) mass is 249 g/mol. The Labute approximate surface area is 105 Å². The van der Waals surface area contributed by atoms with Crippen molar-refractivity contribution in [3.8, 4) is 6.07 Å². The van der Waals surface area contributed by atoms with E-state index in [-0.39, 0.29) is 13.0 Å². The Bertz CT molecular complexity index is 453. The highest BCUT2D eigenvalue weighted by atomic mass is 16.5. The van der Waals surface area contributed by atoms with Crippen LogP contribution in [0.15, 0.2) is 24.3 Å². The Morgan fingerprint density at radius 1 is 1.50 bits per heavy atom. The number of aliphatic hydroxyl groups excluding tert-OH is 2. The highest BCUT2D eigenvalue weighted by Gasteiger charge is 2.22. The summed E-state index contributed by atoms with van der Waals surface area (Å²) in [5, 5.41) is 28.3. The first-order valence-corrected chi connectivity index (χ1v) is 5.60. The number of esters is 1. The van der Waals surface area contributed by atoms with Gasteiger partial charge in [0, 0.05) is 0 Å². The van der Waals surface area contributed by atoms with Crippen molar-refractivity contribution in [1.29, 1.82) is 5.26 Å². The van der Waals surface area contributed by atoms with E-state index in [1.165, 1.54) is 6.07 Å². The Hall–Kier alpha value is -1.90. The Morgan fingerprint density at radius 2 is 2.22 bits per heavy atom. The van der Waals surface area contributed by atoms with Crippen molar-refractivity contribution in [1.82, 2.24) is 0 Å². The summed E-state index contributed by atoms with van der Waals surface area (Å²) in [4.78, 5) is 11.2. The van der Waals surface area contributed by atoms with Crippen LogP contribution in [-0.2, 0) is 9.53 Å². The van der Waals surface area contributed by atoms with Gasteiger partial charge in [-0.25, -0.2) is 0 Å². The quantitative estimate of drug-likeness (QED) is 0.757. The topological polar surface area (TPSA) is 90.6 Å². The molecule has 0 amide bonds. The molecular formula is C13H15NO4. The summed E-state index contributed by atoms with van der Waals surface area (Å²) in [7, 11) is 0. The molecule has 0 fully saturated rings. The largest absolute Gasteiger partial charge is 0.466 e. The average molecular weight is 249 g/mol. The zero-order valence-corrected chi connectivity index (χ0v) is 10.0. The molecule has 0 heterocycles. The average Bonchev–Trinajstić information content (AvgIpc) is 2.38. The smallest absolute Gasteiger partial charge is 0.308 e. The van der Waals surface area contributed by atoms with E-state index in [0.717, 1.165) is 0 Å². The standard InChI is InChI=1S/C13H15NO4/c1-2-18-12(16)7-11(15)13(17)10-5-3-4-9(6-10)8-14/h3-6,11,13,15,17H,2,7H2,1H3. The van der Waals surface area contributed by atoms with Crippen molar-refractivity contribution in [2.75, 3.05) is 6.61 Å². The molecule has 1 aromatic rings. The molecule has 2 N–H and O–H groups in total. The highest BCUT2D eigenvalue weighted by molar-refractivity contribution is 5.70. The second kappa shape index (κ2) is 6.74. The SMILES string of the molecule is CCOC(=O)CC(O)C(O)c1cccc(C#N)c1. The van der Waals surface area contributed by atoms with Gasteiger partial charge in [0.15, 0.2) is 0 Å². The molecule has 96 valence electrons. The number of nitriles is 1. The number of hydrogen-bond acceptors (Lipinski definition) is 5. The molecule has 0 aliphatic heterocycles. The van der Waals surface area contributed by atoms with Gasteiger partial charge in [-0.05, 0) is 24.6 Å². The summed E-state index contributed by atoms with van der Waals surface area (Å²) >= 11 is 0. The molecular weight excluding hydrogens is 234 g/mol. The van der Waals surface area contributed by atoms with Crippen LogP contribution in [0.4, 0.5) is 0 Å². The molecule has 18 heavy (non-hydrogen) atoms. The van der Waals surface area contributed by atoms with E-state index < -0.39 is 18.2 Å². The predicted molar refractivity (Wildman–Crippen MR) is 63.4 cm³/mol. The van der Waals surface area contributed by atoms with Gasteiger partial charge in [0.25, 0.3) is 0 Å². The van der Waals surface area contributed by atoms with Crippen LogP contribution in [0.2, 0.25) is 0 Å². The number of hydrogen-bond donors (Lipinski definition) is 2. The van der Waals surface area contributed by atoms with E-state index in [1.54, 1.807) is 25.1 Å². The first kappa shape index (κ1) is 14.2. The fraction of sp³-hybridized carbons (Fsp3) is 0.385. The first-order valence-electron chi connectivity index (χ1n) is 5.60. The number of aliphatic hydroxyl groups is 2. The van der Waals surface area contributed by atoms with E-state index in [9.17, 15) is 15.0 Å². The van der Waals surface area contributed by atoms with E-state index >= 15 is 0 Å². The lowest BCUT2D eigenvalue weighted by Crippen LogP contribution is -2.23. The summed E-state index contributed by atoms with van der Waals surface area (Å²) < 4.78 is 4.68. The second-order valence-corrected chi connectivity index (χ2v) is 3.76. The van der Waals surface area contributed by atoms with Gasteiger partial charge in [-0.15, -0.1) is 0 Å². The molecule has 0 aliphatic carbocycles. The maximum atomic E-state index is 11.2. The van der Waals surface area contributed by atoms with E-state index in [0.29, 0.717) is 11.1 Å². The number of carbonyl (C=O) groups is 1. The predicted octanol–water partition coefficient (Wildman–Crippen LogP) is 0.906. The van der Waals surface area contributed by atoms with Crippen molar-refractivity contribution in [2.45, 2.75) is 25.6 Å². The summed E-state index contributed by atoms with van der Waals surface area (Å²) in [6, 6.07) is 8.19. The number of rotatable bonds is 5. The minimum atomic E-state index is -1.25. The molecule has 0 saturated heterocycles. The Morgan fingerprint density at radius 3 is 2.83 bits per heavy atom. The molecule has 5 nitrogen and oxygen atoms in total. The van der Waals surface area contributed by atoms with E-state index in [2.05, 4.69) is 4.74 Å².